The largest absolute Gasteiger partial charge is 0.356 e. The molecule has 1 aliphatic heterocycles. The highest BCUT2D eigenvalue weighted by Gasteiger charge is 2.30. The minimum atomic E-state index is -0.318. The van der Waals surface area contributed by atoms with Gasteiger partial charge in [-0.05, 0) is 48.1 Å². The Balaban J connectivity index is 1.26. The van der Waals surface area contributed by atoms with Crippen LogP contribution in [0.25, 0.3) is 10.9 Å². The quantitative estimate of drug-likeness (QED) is 0.607. The number of benzene rings is 2. The van der Waals surface area contributed by atoms with Gasteiger partial charge >= 0.3 is 0 Å². The fourth-order valence-electron chi connectivity index (χ4n) is 4.08. The summed E-state index contributed by atoms with van der Waals surface area (Å²) in [4.78, 5) is 26.5. The molecule has 1 aromatic heterocycles. The smallest absolute Gasteiger partial charge is 0.224 e. The van der Waals surface area contributed by atoms with Crippen LogP contribution in [0.15, 0.2) is 60.8 Å². The number of aromatic nitrogens is 1. The Hall–Kier alpha value is -3.15. The monoisotopic (exact) mass is 407 g/mol. The van der Waals surface area contributed by atoms with Gasteiger partial charge < -0.3 is 14.8 Å². The molecule has 1 N–H and O–H groups in total. The summed E-state index contributed by atoms with van der Waals surface area (Å²) in [6.07, 6.45) is 3.82. The van der Waals surface area contributed by atoms with E-state index in [1.807, 2.05) is 12.1 Å². The molecule has 0 saturated carbocycles. The highest BCUT2D eigenvalue weighted by atomic mass is 19.1. The third-order valence-electron chi connectivity index (χ3n) is 5.69. The molecule has 2 amide bonds. The Kier molecular flexibility index (Phi) is 6.12. The molecule has 1 aliphatic rings. The number of likely N-dealkylation sites (tertiary alicyclic amines) is 1. The third-order valence-corrected chi connectivity index (χ3v) is 5.69. The predicted octanol–water partition coefficient (Wildman–Crippen LogP) is 3.73. The van der Waals surface area contributed by atoms with E-state index in [1.54, 1.807) is 17.0 Å². The summed E-state index contributed by atoms with van der Waals surface area (Å²) >= 11 is 0. The number of para-hydroxylation sites is 1. The van der Waals surface area contributed by atoms with Gasteiger partial charge in [-0.3, -0.25) is 9.59 Å². The number of hydrogen-bond donors (Lipinski definition) is 1. The van der Waals surface area contributed by atoms with Crippen LogP contribution in [0.4, 0.5) is 4.39 Å². The first kappa shape index (κ1) is 20.1. The van der Waals surface area contributed by atoms with Gasteiger partial charge in [-0.1, -0.05) is 30.3 Å². The first-order chi connectivity index (χ1) is 14.6. The number of carbonyl (C=O) groups is 2. The minimum absolute atomic E-state index is 0.0101. The number of nitrogens with zero attached hydrogens (tertiary/aromatic N) is 2. The summed E-state index contributed by atoms with van der Waals surface area (Å²) in [5, 5.41) is 4.24. The third kappa shape index (κ3) is 4.70. The van der Waals surface area contributed by atoms with Crippen molar-refractivity contribution < 1.29 is 14.0 Å². The van der Waals surface area contributed by atoms with E-state index in [1.165, 1.54) is 23.0 Å². The number of rotatable bonds is 7. The van der Waals surface area contributed by atoms with Crippen molar-refractivity contribution >= 4 is 22.7 Å². The van der Waals surface area contributed by atoms with Crippen molar-refractivity contribution in [1.29, 1.82) is 0 Å². The van der Waals surface area contributed by atoms with Gasteiger partial charge in [0.05, 0.1) is 5.92 Å². The number of hydrogen-bond acceptors (Lipinski definition) is 2. The Labute approximate surface area is 175 Å². The number of fused-ring (bicyclic) bond motifs is 1. The fourth-order valence-corrected chi connectivity index (χ4v) is 4.08. The standard InChI is InChI=1S/C24H26FN3O2/c25-21-7-3-5-18(15-21)16-28-17-20(9-10-23(28)29)24(30)26-12-4-13-27-14-11-19-6-1-2-8-22(19)27/h1-3,5-8,11,14-15,20H,4,9-10,12-13,16-17H2,(H,26,30)/t20-/m0/s1. The van der Waals surface area contributed by atoms with Gasteiger partial charge in [-0.2, -0.15) is 0 Å². The summed E-state index contributed by atoms with van der Waals surface area (Å²) in [5.74, 6) is -0.530. The van der Waals surface area contributed by atoms with Crippen LogP contribution in [0.3, 0.4) is 0 Å². The van der Waals surface area contributed by atoms with E-state index in [0.29, 0.717) is 32.5 Å². The average Bonchev–Trinajstić information content (AvgIpc) is 3.16. The van der Waals surface area contributed by atoms with Crippen LogP contribution < -0.4 is 5.32 Å². The molecule has 0 radical (unpaired) electrons. The zero-order valence-electron chi connectivity index (χ0n) is 16.9. The van der Waals surface area contributed by atoms with Gasteiger partial charge in [-0.15, -0.1) is 0 Å². The summed E-state index contributed by atoms with van der Waals surface area (Å²) in [7, 11) is 0. The second-order valence-corrected chi connectivity index (χ2v) is 7.85. The van der Waals surface area contributed by atoms with Gasteiger partial charge in [0.2, 0.25) is 11.8 Å². The molecule has 30 heavy (non-hydrogen) atoms. The number of halogens is 1. The highest BCUT2D eigenvalue weighted by Crippen LogP contribution is 2.20. The van der Waals surface area contributed by atoms with Crippen LogP contribution in [-0.2, 0) is 22.7 Å². The maximum atomic E-state index is 13.4. The Morgan fingerprint density at radius 1 is 1.13 bits per heavy atom. The molecule has 6 heteroatoms. The minimum Gasteiger partial charge on any atom is -0.356 e. The van der Waals surface area contributed by atoms with E-state index in [4.69, 9.17) is 0 Å². The van der Waals surface area contributed by atoms with Crippen LogP contribution in [0.5, 0.6) is 0 Å². The molecule has 4 rings (SSSR count). The van der Waals surface area contributed by atoms with Crippen LogP contribution in [0.2, 0.25) is 0 Å². The lowest BCUT2D eigenvalue weighted by Gasteiger charge is -2.32. The number of piperidine rings is 1. The van der Waals surface area contributed by atoms with E-state index in [0.717, 1.165) is 18.5 Å². The normalized spacial score (nSPS) is 16.8. The molecule has 0 bridgehead atoms. The van der Waals surface area contributed by atoms with Crippen molar-refractivity contribution in [2.75, 3.05) is 13.1 Å². The second kappa shape index (κ2) is 9.11. The van der Waals surface area contributed by atoms with E-state index in [2.05, 4.69) is 34.3 Å². The van der Waals surface area contributed by atoms with Gasteiger partial charge in [0.15, 0.2) is 0 Å². The molecule has 0 spiro atoms. The Morgan fingerprint density at radius 2 is 2.00 bits per heavy atom. The fraction of sp³-hybridized carbons (Fsp3) is 0.333. The van der Waals surface area contributed by atoms with E-state index in [-0.39, 0.29) is 23.5 Å². The second-order valence-electron chi connectivity index (χ2n) is 7.85. The van der Waals surface area contributed by atoms with Gasteiger partial charge in [0, 0.05) is 44.3 Å². The van der Waals surface area contributed by atoms with Crippen LogP contribution in [0, 0.1) is 11.7 Å². The predicted molar refractivity (Wildman–Crippen MR) is 114 cm³/mol. The zero-order chi connectivity index (χ0) is 20.9. The highest BCUT2D eigenvalue weighted by molar-refractivity contribution is 5.84. The van der Waals surface area contributed by atoms with Gasteiger partial charge in [-0.25, -0.2) is 4.39 Å². The number of nitrogens with one attached hydrogen (secondary N) is 1. The van der Waals surface area contributed by atoms with Crippen molar-refractivity contribution in [3.8, 4) is 0 Å². The molecule has 2 aromatic carbocycles. The molecule has 0 unspecified atom stereocenters. The molecule has 1 fully saturated rings. The summed E-state index contributed by atoms with van der Waals surface area (Å²) in [6.45, 7) is 2.15. The van der Waals surface area contributed by atoms with Crippen molar-refractivity contribution in [2.24, 2.45) is 5.92 Å². The molecule has 1 saturated heterocycles. The molecule has 2 heterocycles. The molecule has 3 aromatic rings. The van der Waals surface area contributed by atoms with Crippen LogP contribution in [-0.4, -0.2) is 34.4 Å². The van der Waals surface area contributed by atoms with Crippen molar-refractivity contribution in [2.45, 2.75) is 32.4 Å². The van der Waals surface area contributed by atoms with Crippen LogP contribution >= 0.6 is 0 Å². The SMILES string of the molecule is O=C(NCCCn1ccc2ccccc21)[C@H]1CCC(=O)N(Cc2cccc(F)c2)C1. The number of aryl methyl sites for hydroxylation is 1. The van der Waals surface area contributed by atoms with E-state index in [9.17, 15) is 14.0 Å². The van der Waals surface area contributed by atoms with Crippen molar-refractivity contribution in [1.82, 2.24) is 14.8 Å². The summed E-state index contributed by atoms with van der Waals surface area (Å²) < 4.78 is 15.6. The topological polar surface area (TPSA) is 54.3 Å². The average molecular weight is 407 g/mol. The Bertz CT molecular complexity index is 1050. The van der Waals surface area contributed by atoms with Crippen molar-refractivity contribution in [3.63, 3.8) is 0 Å². The van der Waals surface area contributed by atoms with Gasteiger partial charge in [0.25, 0.3) is 0 Å². The van der Waals surface area contributed by atoms with Crippen LogP contribution in [0.1, 0.15) is 24.8 Å². The zero-order valence-corrected chi connectivity index (χ0v) is 16.9. The molecule has 0 aliphatic carbocycles. The summed E-state index contributed by atoms with van der Waals surface area (Å²) in [5.41, 5.74) is 1.94. The lowest BCUT2D eigenvalue weighted by Crippen LogP contribution is -2.45. The molecular formula is C24H26FN3O2. The van der Waals surface area contributed by atoms with Crippen molar-refractivity contribution in [3.05, 3.63) is 72.2 Å². The molecule has 5 nitrogen and oxygen atoms in total. The summed E-state index contributed by atoms with van der Waals surface area (Å²) in [6, 6.07) is 16.6. The first-order valence-corrected chi connectivity index (χ1v) is 10.4. The molecule has 1 atom stereocenters. The molecular weight excluding hydrogens is 381 g/mol. The first-order valence-electron chi connectivity index (χ1n) is 10.4. The van der Waals surface area contributed by atoms with E-state index < -0.39 is 0 Å². The maximum Gasteiger partial charge on any atom is 0.224 e. The van der Waals surface area contributed by atoms with E-state index >= 15 is 0 Å². The Morgan fingerprint density at radius 3 is 2.87 bits per heavy atom. The van der Waals surface area contributed by atoms with Gasteiger partial charge in [0.1, 0.15) is 5.82 Å². The number of carbonyl (C=O) groups excluding carboxylic acids is 2. The lowest BCUT2D eigenvalue weighted by atomic mass is 9.96. The number of amides is 2. The molecule has 156 valence electrons. The maximum absolute atomic E-state index is 13.4. The lowest BCUT2D eigenvalue weighted by molar-refractivity contribution is -0.138.